The molecule has 0 saturated heterocycles. The fourth-order valence-corrected chi connectivity index (χ4v) is 9.10. The molecule has 0 aliphatic rings. The molecule has 0 spiro atoms. The number of hydrogen-bond acceptors (Lipinski definition) is 5. The van der Waals surface area contributed by atoms with Crippen molar-refractivity contribution in [2.75, 3.05) is 0 Å². The highest BCUT2D eigenvalue weighted by Gasteiger charge is 2.20. The molecule has 0 atom stereocenters. The van der Waals surface area contributed by atoms with Crippen LogP contribution in [0.5, 0.6) is 0 Å². The highest BCUT2D eigenvalue weighted by molar-refractivity contribution is 7.26. The first-order valence-electron chi connectivity index (χ1n) is 18.7. The molecule has 11 rings (SSSR count). The Morgan fingerprint density at radius 2 is 0.911 bits per heavy atom. The summed E-state index contributed by atoms with van der Waals surface area (Å²) in [6.07, 6.45) is 0. The summed E-state index contributed by atoms with van der Waals surface area (Å²) in [7, 11) is 0. The van der Waals surface area contributed by atoms with Gasteiger partial charge in [0, 0.05) is 42.1 Å². The summed E-state index contributed by atoms with van der Waals surface area (Å²) >= 11 is 1.86. The van der Waals surface area contributed by atoms with Gasteiger partial charge in [-0.1, -0.05) is 164 Å². The SMILES string of the molecule is c1ccc(-c2ccc(-c3ccc(-c4ccc5oc6c(-c7nc(-c8ccccc8)nc(-c8ccccc8)n7)cccc6c5c4)c4c3sc3ccccc34)cc2)cc1. The molecule has 11 aromatic rings. The summed E-state index contributed by atoms with van der Waals surface area (Å²) in [6, 6.07) is 65.7. The minimum Gasteiger partial charge on any atom is -0.455 e. The third-order valence-corrected chi connectivity index (χ3v) is 11.8. The van der Waals surface area contributed by atoms with E-state index in [-0.39, 0.29) is 0 Å². The quantitative estimate of drug-likeness (QED) is 0.171. The van der Waals surface area contributed by atoms with Crippen molar-refractivity contribution in [3.63, 3.8) is 0 Å². The van der Waals surface area contributed by atoms with Crippen molar-refractivity contribution < 1.29 is 4.42 Å². The van der Waals surface area contributed by atoms with Crippen LogP contribution in [0.3, 0.4) is 0 Å². The number of rotatable bonds is 6. The second-order valence-corrected chi connectivity index (χ2v) is 15.0. The number of hydrogen-bond donors (Lipinski definition) is 0. The van der Waals surface area contributed by atoms with Gasteiger partial charge < -0.3 is 4.42 Å². The zero-order valence-corrected chi connectivity index (χ0v) is 30.9. The number of para-hydroxylation sites is 1. The number of thiophene rings is 1. The molecule has 262 valence electrons. The van der Waals surface area contributed by atoms with Gasteiger partial charge in [0.05, 0.1) is 5.56 Å². The van der Waals surface area contributed by atoms with Crippen molar-refractivity contribution in [1.82, 2.24) is 15.0 Å². The standard InChI is InChI=1S/C51H31N3OS/c1-4-13-32(14-5-1)33-23-25-34(26-24-33)39-29-28-38(46-41-19-10-11-22-45(41)56-48(39)46)37-27-30-44-43(31-37)40-20-12-21-42(47(40)55-44)51-53-49(35-15-6-2-7-16-35)52-50(54-51)36-17-8-3-9-18-36/h1-31H. The largest absolute Gasteiger partial charge is 0.455 e. The van der Waals surface area contributed by atoms with Crippen LogP contribution in [0, 0.1) is 0 Å². The minimum absolute atomic E-state index is 0.571. The summed E-state index contributed by atoms with van der Waals surface area (Å²) < 4.78 is 9.25. The molecule has 3 heterocycles. The van der Waals surface area contributed by atoms with Crippen molar-refractivity contribution in [2.45, 2.75) is 0 Å². The van der Waals surface area contributed by atoms with Crippen molar-refractivity contribution in [2.24, 2.45) is 0 Å². The predicted octanol–water partition coefficient (Wildman–Crippen LogP) is 14.1. The highest BCUT2D eigenvalue weighted by atomic mass is 32.1. The Hall–Kier alpha value is -7.21. The van der Waals surface area contributed by atoms with Gasteiger partial charge >= 0.3 is 0 Å². The monoisotopic (exact) mass is 733 g/mol. The number of furan rings is 1. The maximum Gasteiger partial charge on any atom is 0.167 e. The lowest BCUT2D eigenvalue weighted by atomic mass is 9.93. The van der Waals surface area contributed by atoms with E-state index in [9.17, 15) is 0 Å². The van der Waals surface area contributed by atoms with Crippen LogP contribution in [0.25, 0.3) is 110 Å². The van der Waals surface area contributed by atoms with Crippen LogP contribution in [0.15, 0.2) is 192 Å². The molecule has 0 aliphatic heterocycles. The van der Waals surface area contributed by atoms with Crippen molar-refractivity contribution in [3.05, 3.63) is 188 Å². The molecule has 0 fully saturated rings. The molecule has 0 unspecified atom stereocenters. The molecule has 3 aromatic heterocycles. The lowest BCUT2D eigenvalue weighted by Gasteiger charge is -2.11. The Labute approximate surface area is 327 Å². The van der Waals surface area contributed by atoms with E-state index in [0.717, 1.165) is 44.2 Å². The fourth-order valence-electron chi connectivity index (χ4n) is 7.84. The van der Waals surface area contributed by atoms with Gasteiger partial charge in [0.15, 0.2) is 17.5 Å². The zero-order valence-electron chi connectivity index (χ0n) is 30.1. The van der Waals surface area contributed by atoms with Crippen LogP contribution < -0.4 is 0 Å². The Kier molecular flexibility index (Phi) is 7.64. The normalized spacial score (nSPS) is 11.6. The van der Waals surface area contributed by atoms with E-state index in [0.29, 0.717) is 17.5 Å². The second kappa shape index (κ2) is 13.3. The van der Waals surface area contributed by atoms with Gasteiger partial charge in [-0.15, -0.1) is 11.3 Å². The molecule has 0 aliphatic carbocycles. The molecule has 4 nitrogen and oxygen atoms in total. The van der Waals surface area contributed by atoms with Gasteiger partial charge in [0.2, 0.25) is 0 Å². The summed E-state index contributed by atoms with van der Waals surface area (Å²) in [5, 5.41) is 4.61. The van der Waals surface area contributed by atoms with Crippen molar-refractivity contribution in [3.8, 4) is 67.5 Å². The van der Waals surface area contributed by atoms with Gasteiger partial charge in [0.25, 0.3) is 0 Å². The molecule has 0 saturated carbocycles. The van der Waals surface area contributed by atoms with E-state index >= 15 is 0 Å². The number of nitrogens with zero attached hydrogens (tertiary/aromatic N) is 3. The van der Waals surface area contributed by atoms with Gasteiger partial charge in [-0.3, -0.25) is 0 Å². The molecular formula is C51H31N3OS. The summed E-state index contributed by atoms with van der Waals surface area (Å²) in [5.41, 5.74) is 11.5. The second-order valence-electron chi connectivity index (χ2n) is 13.9. The molecule has 5 heteroatoms. The first kappa shape index (κ1) is 32.2. The van der Waals surface area contributed by atoms with Gasteiger partial charge in [0.1, 0.15) is 11.2 Å². The van der Waals surface area contributed by atoms with Gasteiger partial charge in [-0.05, 0) is 57.6 Å². The maximum absolute atomic E-state index is 6.68. The smallest absolute Gasteiger partial charge is 0.167 e. The lowest BCUT2D eigenvalue weighted by molar-refractivity contribution is 0.669. The summed E-state index contributed by atoms with van der Waals surface area (Å²) in [5.74, 6) is 1.81. The third kappa shape index (κ3) is 5.48. The number of benzene rings is 8. The average molecular weight is 734 g/mol. The Morgan fingerprint density at radius 1 is 0.357 bits per heavy atom. The minimum atomic E-state index is 0.571. The van der Waals surface area contributed by atoms with E-state index in [4.69, 9.17) is 19.4 Å². The molecule has 0 radical (unpaired) electrons. The van der Waals surface area contributed by atoms with Crippen LogP contribution in [0.4, 0.5) is 0 Å². The molecule has 0 amide bonds. The van der Waals surface area contributed by atoms with Crippen molar-refractivity contribution in [1.29, 1.82) is 0 Å². The third-order valence-electron chi connectivity index (χ3n) is 10.6. The zero-order chi connectivity index (χ0) is 37.0. The van der Waals surface area contributed by atoms with Gasteiger partial charge in [-0.2, -0.15) is 0 Å². The van der Waals surface area contributed by atoms with Crippen LogP contribution in [-0.4, -0.2) is 15.0 Å². The van der Waals surface area contributed by atoms with E-state index in [1.54, 1.807) is 0 Å². The fraction of sp³-hybridized carbons (Fsp3) is 0. The molecule has 0 bridgehead atoms. The van der Waals surface area contributed by atoms with E-state index in [2.05, 4.69) is 121 Å². The van der Waals surface area contributed by atoms with Crippen LogP contribution in [-0.2, 0) is 0 Å². The number of fused-ring (bicyclic) bond motifs is 6. The summed E-state index contributed by atoms with van der Waals surface area (Å²) in [6.45, 7) is 0. The molecule has 8 aromatic carbocycles. The predicted molar refractivity (Wildman–Crippen MR) is 233 cm³/mol. The Bertz CT molecular complexity index is 3170. The first-order valence-corrected chi connectivity index (χ1v) is 19.5. The highest BCUT2D eigenvalue weighted by Crippen LogP contribution is 2.46. The van der Waals surface area contributed by atoms with E-state index < -0.39 is 0 Å². The van der Waals surface area contributed by atoms with Crippen molar-refractivity contribution >= 4 is 53.4 Å². The van der Waals surface area contributed by atoms with E-state index in [1.165, 1.54) is 48.0 Å². The average Bonchev–Trinajstić information content (AvgIpc) is 3.86. The lowest BCUT2D eigenvalue weighted by Crippen LogP contribution is -2.00. The Morgan fingerprint density at radius 3 is 1.62 bits per heavy atom. The van der Waals surface area contributed by atoms with Crippen LogP contribution in [0.2, 0.25) is 0 Å². The maximum atomic E-state index is 6.68. The molecule has 56 heavy (non-hydrogen) atoms. The van der Waals surface area contributed by atoms with E-state index in [1.807, 2.05) is 78.1 Å². The number of aromatic nitrogens is 3. The van der Waals surface area contributed by atoms with Crippen LogP contribution in [0.1, 0.15) is 0 Å². The topological polar surface area (TPSA) is 51.8 Å². The first-order chi connectivity index (χ1) is 27.7. The Balaban J connectivity index is 1.06. The van der Waals surface area contributed by atoms with Crippen LogP contribution >= 0.6 is 11.3 Å². The molecule has 0 N–H and O–H groups in total. The molecular weight excluding hydrogens is 703 g/mol. The summed E-state index contributed by atoms with van der Waals surface area (Å²) in [4.78, 5) is 14.9. The van der Waals surface area contributed by atoms with Gasteiger partial charge in [-0.25, -0.2) is 15.0 Å².